The van der Waals surface area contributed by atoms with E-state index in [1.807, 2.05) is 20.8 Å². The third kappa shape index (κ3) is 2.84. The van der Waals surface area contributed by atoms with Crippen LogP contribution < -0.4 is 5.32 Å². The van der Waals surface area contributed by atoms with Gasteiger partial charge in [-0.3, -0.25) is 14.8 Å². The molecule has 102 valence electrons. The predicted molar refractivity (Wildman–Crippen MR) is 76.8 cm³/mol. The second kappa shape index (κ2) is 5.52. The first-order valence-electron chi connectivity index (χ1n) is 6.34. The fourth-order valence-corrected chi connectivity index (χ4v) is 2.77. The van der Waals surface area contributed by atoms with Gasteiger partial charge in [-0.25, -0.2) is 4.98 Å². The molecule has 0 radical (unpaired) electrons. The van der Waals surface area contributed by atoms with E-state index in [0.717, 1.165) is 17.0 Å². The van der Waals surface area contributed by atoms with Gasteiger partial charge in [0.1, 0.15) is 5.69 Å². The quantitative estimate of drug-likeness (QED) is 0.935. The number of nitrogens with zero attached hydrogens (tertiary/aromatic N) is 3. The van der Waals surface area contributed by atoms with Crippen LogP contribution in [-0.2, 0) is 6.42 Å². The molecule has 2 aromatic heterocycles. The van der Waals surface area contributed by atoms with Crippen LogP contribution in [0.2, 0.25) is 0 Å². The second-order valence-electron chi connectivity index (χ2n) is 4.58. The first-order valence-corrected chi connectivity index (χ1v) is 7.15. The number of carbonyl (C=O) groups is 1. The number of aryl methyl sites for hydroxylation is 2. The fourth-order valence-electron chi connectivity index (χ4n) is 1.88. The smallest absolute Gasteiger partial charge is 0.275 e. The average Bonchev–Trinajstić information content (AvgIpc) is 2.95. The maximum Gasteiger partial charge on any atom is 0.275 e. The zero-order valence-corrected chi connectivity index (χ0v) is 12.4. The van der Waals surface area contributed by atoms with Crippen LogP contribution in [0, 0.1) is 6.92 Å². The second-order valence-corrected chi connectivity index (χ2v) is 5.79. The standard InChI is InChI=1S/C13H18N4OS/c1-5-10-9(4)19-13(15-10)16-12(18)11-6-7-14-17(11)8(2)3/h6-8H,5H2,1-4H3,(H,15,16,18). The van der Waals surface area contributed by atoms with Crippen LogP contribution in [0.1, 0.15) is 47.9 Å². The van der Waals surface area contributed by atoms with E-state index in [9.17, 15) is 4.79 Å². The number of amides is 1. The molecule has 0 atom stereocenters. The van der Waals surface area contributed by atoms with Crippen molar-refractivity contribution in [2.75, 3.05) is 5.32 Å². The van der Waals surface area contributed by atoms with Crippen molar-refractivity contribution in [1.82, 2.24) is 14.8 Å². The minimum Gasteiger partial charge on any atom is -0.296 e. The van der Waals surface area contributed by atoms with Crippen molar-refractivity contribution in [3.63, 3.8) is 0 Å². The number of carbonyl (C=O) groups excluding carboxylic acids is 1. The van der Waals surface area contributed by atoms with Gasteiger partial charge in [-0.1, -0.05) is 6.92 Å². The molecule has 0 unspecified atom stereocenters. The Hall–Kier alpha value is -1.69. The monoisotopic (exact) mass is 278 g/mol. The maximum absolute atomic E-state index is 12.2. The Kier molecular flexibility index (Phi) is 3.99. The molecular weight excluding hydrogens is 260 g/mol. The number of rotatable bonds is 4. The van der Waals surface area contributed by atoms with Gasteiger partial charge < -0.3 is 0 Å². The molecule has 0 fully saturated rings. The van der Waals surface area contributed by atoms with Gasteiger partial charge in [0.05, 0.1) is 5.69 Å². The summed E-state index contributed by atoms with van der Waals surface area (Å²) in [6, 6.07) is 1.87. The largest absolute Gasteiger partial charge is 0.296 e. The molecule has 0 aliphatic rings. The maximum atomic E-state index is 12.2. The first kappa shape index (κ1) is 13.7. The Balaban J connectivity index is 2.18. The molecule has 5 nitrogen and oxygen atoms in total. The van der Waals surface area contributed by atoms with E-state index in [-0.39, 0.29) is 11.9 Å². The van der Waals surface area contributed by atoms with Gasteiger partial charge in [0.2, 0.25) is 0 Å². The number of nitrogens with one attached hydrogen (secondary N) is 1. The zero-order chi connectivity index (χ0) is 14.0. The van der Waals surface area contributed by atoms with Crippen molar-refractivity contribution in [2.24, 2.45) is 0 Å². The molecule has 2 rings (SSSR count). The van der Waals surface area contributed by atoms with Gasteiger partial charge in [0.25, 0.3) is 5.91 Å². The van der Waals surface area contributed by atoms with E-state index in [1.165, 1.54) is 11.3 Å². The van der Waals surface area contributed by atoms with Crippen molar-refractivity contribution in [2.45, 2.75) is 40.2 Å². The van der Waals surface area contributed by atoms with E-state index >= 15 is 0 Å². The summed E-state index contributed by atoms with van der Waals surface area (Å²) >= 11 is 1.51. The number of anilines is 1. The molecule has 2 aromatic rings. The lowest BCUT2D eigenvalue weighted by atomic mass is 10.3. The summed E-state index contributed by atoms with van der Waals surface area (Å²) in [4.78, 5) is 17.8. The Morgan fingerprint density at radius 1 is 1.53 bits per heavy atom. The summed E-state index contributed by atoms with van der Waals surface area (Å²) in [5.41, 5.74) is 1.60. The lowest BCUT2D eigenvalue weighted by Crippen LogP contribution is -2.18. The summed E-state index contributed by atoms with van der Waals surface area (Å²) < 4.78 is 1.70. The van der Waals surface area contributed by atoms with E-state index in [0.29, 0.717) is 10.8 Å². The van der Waals surface area contributed by atoms with Crippen LogP contribution in [-0.4, -0.2) is 20.7 Å². The van der Waals surface area contributed by atoms with Gasteiger partial charge >= 0.3 is 0 Å². The average molecular weight is 278 g/mol. The summed E-state index contributed by atoms with van der Waals surface area (Å²) in [6.45, 7) is 8.06. The van der Waals surface area contributed by atoms with Crippen molar-refractivity contribution >= 4 is 22.4 Å². The molecule has 1 N–H and O–H groups in total. The summed E-state index contributed by atoms with van der Waals surface area (Å²) in [6.07, 6.45) is 2.52. The van der Waals surface area contributed by atoms with E-state index in [1.54, 1.807) is 16.9 Å². The van der Waals surface area contributed by atoms with Crippen LogP contribution in [0.5, 0.6) is 0 Å². The highest BCUT2D eigenvalue weighted by atomic mass is 32.1. The molecule has 0 bridgehead atoms. The van der Waals surface area contributed by atoms with Crippen molar-refractivity contribution < 1.29 is 4.79 Å². The number of thiazole rings is 1. The summed E-state index contributed by atoms with van der Waals surface area (Å²) in [7, 11) is 0. The van der Waals surface area contributed by atoms with Gasteiger partial charge in [-0.15, -0.1) is 11.3 Å². The molecule has 0 spiro atoms. The Bertz CT molecular complexity index is 585. The highest BCUT2D eigenvalue weighted by molar-refractivity contribution is 7.15. The Labute approximate surface area is 116 Å². The lowest BCUT2D eigenvalue weighted by molar-refractivity contribution is 0.101. The Morgan fingerprint density at radius 2 is 2.26 bits per heavy atom. The van der Waals surface area contributed by atoms with Crippen LogP contribution in [0.3, 0.4) is 0 Å². The lowest BCUT2D eigenvalue weighted by Gasteiger charge is -2.09. The number of aromatic nitrogens is 3. The fraction of sp³-hybridized carbons (Fsp3) is 0.462. The van der Waals surface area contributed by atoms with E-state index in [2.05, 4.69) is 22.3 Å². The molecule has 0 aliphatic carbocycles. The SMILES string of the molecule is CCc1nc(NC(=O)c2ccnn2C(C)C)sc1C. The molecule has 0 saturated carbocycles. The van der Waals surface area contributed by atoms with Crippen LogP contribution in [0.4, 0.5) is 5.13 Å². The molecule has 19 heavy (non-hydrogen) atoms. The van der Waals surface area contributed by atoms with Crippen LogP contribution in [0.25, 0.3) is 0 Å². The van der Waals surface area contributed by atoms with Gasteiger partial charge in [-0.05, 0) is 33.3 Å². The third-order valence-electron chi connectivity index (χ3n) is 2.84. The normalized spacial score (nSPS) is 11.0. The van der Waals surface area contributed by atoms with Crippen molar-refractivity contribution in [3.05, 3.63) is 28.5 Å². The predicted octanol–water partition coefficient (Wildman–Crippen LogP) is 3.04. The van der Waals surface area contributed by atoms with E-state index in [4.69, 9.17) is 0 Å². The minimum absolute atomic E-state index is 0.153. The first-order chi connectivity index (χ1) is 9.02. The van der Waals surface area contributed by atoms with Crippen molar-refractivity contribution in [3.8, 4) is 0 Å². The molecule has 0 aromatic carbocycles. The Morgan fingerprint density at radius 3 is 2.84 bits per heavy atom. The van der Waals surface area contributed by atoms with Gasteiger partial charge in [-0.2, -0.15) is 5.10 Å². The summed E-state index contributed by atoms with van der Waals surface area (Å²) in [5.74, 6) is -0.164. The van der Waals surface area contributed by atoms with E-state index < -0.39 is 0 Å². The zero-order valence-electron chi connectivity index (χ0n) is 11.6. The van der Waals surface area contributed by atoms with Gasteiger partial charge in [0, 0.05) is 17.1 Å². The number of hydrogen-bond acceptors (Lipinski definition) is 4. The number of hydrogen-bond donors (Lipinski definition) is 1. The van der Waals surface area contributed by atoms with Crippen molar-refractivity contribution in [1.29, 1.82) is 0 Å². The van der Waals surface area contributed by atoms with Gasteiger partial charge in [0.15, 0.2) is 5.13 Å². The molecule has 2 heterocycles. The third-order valence-corrected chi connectivity index (χ3v) is 3.77. The highest BCUT2D eigenvalue weighted by Crippen LogP contribution is 2.23. The molecule has 0 aliphatic heterocycles. The topological polar surface area (TPSA) is 59.8 Å². The minimum atomic E-state index is -0.164. The summed E-state index contributed by atoms with van der Waals surface area (Å²) in [5, 5.41) is 7.65. The molecule has 6 heteroatoms. The van der Waals surface area contributed by atoms with Crippen LogP contribution >= 0.6 is 11.3 Å². The highest BCUT2D eigenvalue weighted by Gasteiger charge is 2.16. The molecule has 1 amide bonds. The van der Waals surface area contributed by atoms with Crippen LogP contribution in [0.15, 0.2) is 12.3 Å². The molecule has 0 saturated heterocycles. The molecular formula is C13H18N4OS.